The highest BCUT2D eigenvalue weighted by Crippen LogP contribution is 2.38. The molecule has 3 N–H and O–H groups in total. The molecule has 108 valence electrons. The fraction of sp³-hybridized carbons (Fsp3) is 0.562. The van der Waals surface area contributed by atoms with E-state index in [2.05, 4.69) is 4.90 Å². The average Bonchev–Trinajstić information content (AvgIpc) is 2.99. The Morgan fingerprint density at radius 2 is 1.85 bits per heavy atom. The molecule has 1 heterocycles. The van der Waals surface area contributed by atoms with Crippen LogP contribution in [-0.2, 0) is 0 Å². The molecular weight excluding hydrogens is 268 g/mol. The summed E-state index contributed by atoms with van der Waals surface area (Å²) in [5.74, 6) is 1.75. The van der Waals surface area contributed by atoms with Gasteiger partial charge in [-0.05, 0) is 30.2 Å². The van der Waals surface area contributed by atoms with E-state index in [1.165, 1.54) is 19.3 Å². The Bertz CT molecular complexity index is 476. The monoisotopic (exact) mass is 290 g/mol. The number of thiocarbonyl (C=S) groups is 1. The Labute approximate surface area is 125 Å². The minimum Gasteiger partial charge on any atom is -0.389 e. The van der Waals surface area contributed by atoms with E-state index in [0.29, 0.717) is 4.99 Å². The molecule has 3 nitrogen and oxygen atoms in total. The van der Waals surface area contributed by atoms with Crippen molar-refractivity contribution in [2.45, 2.75) is 25.4 Å². The zero-order valence-corrected chi connectivity index (χ0v) is 12.5. The Balaban J connectivity index is 1.59. The second-order valence-corrected chi connectivity index (χ2v) is 6.61. The molecular formula is C16H22N2OS. The van der Waals surface area contributed by atoms with Gasteiger partial charge in [-0.1, -0.05) is 42.9 Å². The van der Waals surface area contributed by atoms with Crippen molar-refractivity contribution in [3.05, 3.63) is 35.4 Å². The lowest BCUT2D eigenvalue weighted by Crippen LogP contribution is -2.27. The largest absolute Gasteiger partial charge is 0.389 e. The topological polar surface area (TPSA) is 49.5 Å². The molecule has 1 saturated heterocycles. The number of likely N-dealkylation sites (tertiary alicyclic amines) is 1. The third-order valence-corrected chi connectivity index (χ3v) is 5.05. The molecule has 0 radical (unpaired) electrons. The molecule has 1 aliphatic carbocycles. The maximum absolute atomic E-state index is 10.4. The first-order chi connectivity index (χ1) is 9.63. The van der Waals surface area contributed by atoms with Gasteiger partial charge in [-0.2, -0.15) is 0 Å². The molecule has 1 saturated carbocycles. The summed E-state index contributed by atoms with van der Waals surface area (Å²) in [6, 6.07) is 7.63. The summed E-state index contributed by atoms with van der Waals surface area (Å²) in [4.78, 5) is 2.82. The number of β-amino-alcohol motifs (C(OH)–C–C–N with tert-alkyl or cyclic N) is 1. The van der Waals surface area contributed by atoms with Gasteiger partial charge in [0.2, 0.25) is 0 Å². The smallest absolute Gasteiger partial charge is 0.103 e. The lowest BCUT2D eigenvalue weighted by atomic mass is 10.0. The van der Waals surface area contributed by atoms with Crippen LogP contribution in [0.25, 0.3) is 0 Å². The van der Waals surface area contributed by atoms with Gasteiger partial charge in [-0.25, -0.2) is 0 Å². The lowest BCUT2D eigenvalue weighted by Gasteiger charge is -2.21. The van der Waals surface area contributed by atoms with Crippen molar-refractivity contribution in [2.24, 2.45) is 17.6 Å². The first kappa shape index (κ1) is 14.0. The van der Waals surface area contributed by atoms with E-state index >= 15 is 0 Å². The summed E-state index contributed by atoms with van der Waals surface area (Å²) < 4.78 is 0. The lowest BCUT2D eigenvalue weighted by molar-refractivity contribution is 0.122. The van der Waals surface area contributed by atoms with Crippen LogP contribution in [0.1, 0.15) is 36.5 Å². The maximum atomic E-state index is 10.4. The number of hydrogen-bond acceptors (Lipinski definition) is 3. The number of benzene rings is 1. The molecule has 1 aliphatic heterocycles. The van der Waals surface area contributed by atoms with Crippen molar-refractivity contribution in [1.82, 2.24) is 4.90 Å². The van der Waals surface area contributed by atoms with Crippen LogP contribution in [0.5, 0.6) is 0 Å². The van der Waals surface area contributed by atoms with Crippen molar-refractivity contribution in [1.29, 1.82) is 0 Å². The van der Waals surface area contributed by atoms with E-state index in [1.54, 1.807) is 0 Å². The van der Waals surface area contributed by atoms with Crippen LogP contribution >= 0.6 is 12.2 Å². The summed E-state index contributed by atoms with van der Waals surface area (Å²) in [5.41, 5.74) is 7.38. The van der Waals surface area contributed by atoms with Crippen molar-refractivity contribution in [3.8, 4) is 0 Å². The molecule has 0 bridgehead atoms. The second-order valence-electron chi connectivity index (χ2n) is 6.17. The van der Waals surface area contributed by atoms with Crippen molar-refractivity contribution in [2.75, 3.05) is 19.6 Å². The second kappa shape index (κ2) is 5.80. The van der Waals surface area contributed by atoms with Gasteiger partial charge in [0.1, 0.15) is 4.99 Å². The zero-order valence-electron chi connectivity index (χ0n) is 11.7. The van der Waals surface area contributed by atoms with Crippen LogP contribution in [0.3, 0.4) is 0 Å². The van der Waals surface area contributed by atoms with E-state index in [0.717, 1.165) is 42.6 Å². The first-order valence-electron chi connectivity index (χ1n) is 7.43. The van der Waals surface area contributed by atoms with Crippen LogP contribution in [0.4, 0.5) is 0 Å². The van der Waals surface area contributed by atoms with Gasteiger partial charge in [-0.15, -0.1) is 0 Å². The van der Waals surface area contributed by atoms with Crippen molar-refractivity contribution in [3.63, 3.8) is 0 Å². The van der Waals surface area contributed by atoms with Gasteiger partial charge in [0.15, 0.2) is 0 Å². The summed E-state index contributed by atoms with van der Waals surface area (Å²) in [6.07, 6.45) is 3.72. The molecule has 1 aromatic carbocycles. The van der Waals surface area contributed by atoms with Crippen LogP contribution < -0.4 is 5.73 Å². The molecule has 3 rings (SSSR count). The summed E-state index contributed by atoms with van der Waals surface area (Å²) in [5, 5.41) is 10.4. The fourth-order valence-corrected chi connectivity index (χ4v) is 3.84. The Morgan fingerprint density at radius 3 is 2.40 bits per heavy atom. The van der Waals surface area contributed by atoms with E-state index in [9.17, 15) is 5.11 Å². The predicted octanol–water partition coefficient (Wildman–Crippen LogP) is 2.09. The van der Waals surface area contributed by atoms with Crippen LogP contribution in [-0.4, -0.2) is 34.6 Å². The highest BCUT2D eigenvalue weighted by Gasteiger charge is 2.36. The minimum atomic E-state index is -0.422. The van der Waals surface area contributed by atoms with E-state index < -0.39 is 6.10 Å². The van der Waals surface area contributed by atoms with Crippen molar-refractivity contribution < 1.29 is 5.11 Å². The van der Waals surface area contributed by atoms with Gasteiger partial charge >= 0.3 is 0 Å². The molecule has 3 unspecified atom stereocenters. The first-order valence-corrected chi connectivity index (χ1v) is 7.84. The van der Waals surface area contributed by atoms with Crippen LogP contribution in [0, 0.1) is 11.8 Å². The van der Waals surface area contributed by atoms with Gasteiger partial charge in [0.25, 0.3) is 0 Å². The molecule has 2 aliphatic rings. The number of rotatable bonds is 4. The fourth-order valence-electron chi connectivity index (χ4n) is 3.70. The Morgan fingerprint density at radius 1 is 1.25 bits per heavy atom. The highest BCUT2D eigenvalue weighted by atomic mass is 32.1. The number of hydrogen-bond donors (Lipinski definition) is 2. The molecule has 2 fully saturated rings. The average molecular weight is 290 g/mol. The zero-order chi connectivity index (χ0) is 14.1. The molecule has 20 heavy (non-hydrogen) atoms. The van der Waals surface area contributed by atoms with E-state index in [4.69, 9.17) is 18.0 Å². The molecule has 0 aromatic heterocycles. The quantitative estimate of drug-likeness (QED) is 0.834. The number of fused-ring (bicyclic) bond motifs is 1. The minimum absolute atomic E-state index is 0.401. The molecule has 0 spiro atoms. The van der Waals surface area contributed by atoms with Crippen molar-refractivity contribution >= 4 is 17.2 Å². The van der Waals surface area contributed by atoms with E-state index in [1.807, 2.05) is 24.3 Å². The Hall–Kier alpha value is -0.970. The van der Waals surface area contributed by atoms with Gasteiger partial charge in [0.05, 0.1) is 6.10 Å². The third kappa shape index (κ3) is 2.87. The summed E-state index contributed by atoms with van der Waals surface area (Å²) >= 11 is 4.94. The van der Waals surface area contributed by atoms with E-state index in [-0.39, 0.29) is 0 Å². The van der Waals surface area contributed by atoms with Gasteiger partial charge in [-0.3, -0.25) is 4.90 Å². The number of aliphatic hydroxyl groups excluding tert-OH is 1. The van der Waals surface area contributed by atoms with Gasteiger partial charge in [0, 0.05) is 25.2 Å². The maximum Gasteiger partial charge on any atom is 0.103 e. The van der Waals surface area contributed by atoms with Crippen LogP contribution in [0.2, 0.25) is 0 Å². The summed E-state index contributed by atoms with van der Waals surface area (Å²) in [7, 11) is 0. The molecule has 1 aromatic rings. The number of aliphatic hydroxyl groups is 1. The summed E-state index contributed by atoms with van der Waals surface area (Å²) in [6.45, 7) is 3.05. The SMILES string of the molecule is NC(=S)c1ccc(C(O)CN2CC3CCCC3C2)cc1. The number of nitrogens with two attached hydrogens (primary N) is 1. The molecule has 3 atom stereocenters. The molecule has 0 amide bonds. The Kier molecular flexibility index (Phi) is 4.06. The normalized spacial score (nSPS) is 27.4. The highest BCUT2D eigenvalue weighted by molar-refractivity contribution is 7.80. The third-order valence-electron chi connectivity index (χ3n) is 4.81. The van der Waals surface area contributed by atoms with Gasteiger partial charge < -0.3 is 10.8 Å². The van der Waals surface area contributed by atoms with Crippen LogP contribution in [0.15, 0.2) is 24.3 Å². The molecule has 4 heteroatoms. The number of nitrogens with zero attached hydrogens (tertiary/aromatic N) is 1. The predicted molar refractivity (Wildman–Crippen MR) is 84.6 cm³/mol. The standard InChI is InChI=1S/C16H22N2OS/c17-16(20)12-6-4-11(5-7-12)15(19)10-18-8-13-2-1-3-14(13)9-18/h4-7,13-15,19H,1-3,8-10H2,(H2,17,20).